The van der Waals surface area contributed by atoms with Gasteiger partial charge in [0.05, 0.1) is 0 Å². The first-order valence-corrected chi connectivity index (χ1v) is 5.00. The van der Waals surface area contributed by atoms with E-state index in [1.165, 1.54) is 6.42 Å². The average Bonchev–Trinajstić information content (AvgIpc) is 2.70. The Bertz CT molecular complexity index is 272. The van der Waals surface area contributed by atoms with E-state index in [0.717, 1.165) is 17.4 Å². The van der Waals surface area contributed by atoms with E-state index in [2.05, 4.69) is 6.92 Å². The second-order valence-electron chi connectivity index (χ2n) is 3.98. The van der Waals surface area contributed by atoms with Crippen molar-refractivity contribution in [3.8, 4) is 0 Å². The summed E-state index contributed by atoms with van der Waals surface area (Å²) in [4.78, 5) is 0. The molecular weight excluding hydrogens is 164 g/mol. The first kappa shape index (κ1) is 8.82. The molecule has 1 N–H and O–H groups in total. The van der Waals surface area contributed by atoms with E-state index in [-0.39, 0.29) is 0 Å². The second-order valence-corrected chi connectivity index (χ2v) is 3.98. The lowest BCUT2D eigenvalue weighted by Gasteiger charge is -2.02. The Balaban J connectivity index is 2.09. The van der Waals surface area contributed by atoms with E-state index in [0.29, 0.717) is 12.3 Å². The summed E-state index contributed by atoms with van der Waals surface area (Å²) in [5.74, 6) is 3.14. The lowest BCUT2D eigenvalue weighted by atomic mass is 10.2. The molecule has 0 bridgehead atoms. The number of rotatable bonds is 3. The second kappa shape index (κ2) is 3.18. The third kappa shape index (κ3) is 1.63. The van der Waals surface area contributed by atoms with Gasteiger partial charge in [-0.05, 0) is 30.9 Å². The van der Waals surface area contributed by atoms with Crippen LogP contribution in [-0.4, -0.2) is 5.11 Å². The molecule has 0 amide bonds. The first-order valence-electron chi connectivity index (χ1n) is 5.00. The zero-order valence-electron chi connectivity index (χ0n) is 8.16. The summed E-state index contributed by atoms with van der Waals surface area (Å²) in [6.45, 7) is 4.18. The molecule has 3 unspecified atom stereocenters. The van der Waals surface area contributed by atoms with Crippen LogP contribution >= 0.6 is 0 Å². The summed E-state index contributed by atoms with van der Waals surface area (Å²) >= 11 is 0. The molecule has 1 aliphatic carbocycles. The summed E-state index contributed by atoms with van der Waals surface area (Å²) in [5.41, 5.74) is 0. The molecule has 1 fully saturated rings. The third-order valence-corrected chi connectivity index (χ3v) is 2.84. The Labute approximate surface area is 78.6 Å². The summed E-state index contributed by atoms with van der Waals surface area (Å²) in [7, 11) is 0. The van der Waals surface area contributed by atoms with Gasteiger partial charge in [0, 0.05) is 5.92 Å². The minimum Gasteiger partial charge on any atom is -0.463 e. The van der Waals surface area contributed by atoms with Crippen LogP contribution in [0.25, 0.3) is 0 Å². The number of aliphatic hydroxyl groups excluding tert-OH is 1. The lowest BCUT2D eigenvalue weighted by Crippen LogP contribution is -1.91. The van der Waals surface area contributed by atoms with Gasteiger partial charge in [-0.1, -0.05) is 13.8 Å². The average molecular weight is 180 g/mol. The molecule has 0 spiro atoms. The molecule has 1 aromatic rings. The van der Waals surface area contributed by atoms with Gasteiger partial charge in [0.1, 0.15) is 17.6 Å². The van der Waals surface area contributed by atoms with E-state index in [1.807, 2.05) is 19.1 Å². The van der Waals surface area contributed by atoms with Gasteiger partial charge in [-0.3, -0.25) is 0 Å². The van der Waals surface area contributed by atoms with Gasteiger partial charge in [-0.2, -0.15) is 0 Å². The van der Waals surface area contributed by atoms with Crippen LogP contribution in [0.3, 0.4) is 0 Å². The van der Waals surface area contributed by atoms with E-state index in [4.69, 9.17) is 4.42 Å². The minimum atomic E-state index is -0.428. The van der Waals surface area contributed by atoms with Gasteiger partial charge in [0.15, 0.2) is 0 Å². The maximum absolute atomic E-state index is 9.52. The molecule has 2 rings (SSSR count). The number of hydrogen-bond acceptors (Lipinski definition) is 2. The van der Waals surface area contributed by atoms with Crippen molar-refractivity contribution in [2.24, 2.45) is 5.92 Å². The zero-order valence-corrected chi connectivity index (χ0v) is 8.16. The summed E-state index contributed by atoms with van der Waals surface area (Å²) in [6, 6.07) is 3.90. The van der Waals surface area contributed by atoms with Gasteiger partial charge < -0.3 is 9.52 Å². The third-order valence-electron chi connectivity index (χ3n) is 2.84. The fourth-order valence-electron chi connectivity index (χ4n) is 1.67. The van der Waals surface area contributed by atoms with Crippen molar-refractivity contribution in [1.29, 1.82) is 0 Å². The van der Waals surface area contributed by atoms with Crippen molar-refractivity contribution in [2.75, 3.05) is 0 Å². The monoisotopic (exact) mass is 180 g/mol. The predicted molar refractivity (Wildman–Crippen MR) is 50.5 cm³/mol. The van der Waals surface area contributed by atoms with Crippen LogP contribution in [0, 0.1) is 5.92 Å². The molecule has 13 heavy (non-hydrogen) atoms. The normalized spacial score (nSPS) is 28.8. The van der Waals surface area contributed by atoms with Gasteiger partial charge >= 0.3 is 0 Å². The fraction of sp³-hybridized carbons (Fsp3) is 0.636. The summed E-state index contributed by atoms with van der Waals surface area (Å²) < 4.78 is 5.58. The lowest BCUT2D eigenvalue weighted by molar-refractivity contribution is 0.144. The van der Waals surface area contributed by atoms with Gasteiger partial charge in [0.25, 0.3) is 0 Å². The van der Waals surface area contributed by atoms with E-state index < -0.39 is 6.10 Å². The van der Waals surface area contributed by atoms with Crippen molar-refractivity contribution in [3.05, 3.63) is 23.7 Å². The number of furan rings is 1. The number of aliphatic hydroxyl groups is 1. The quantitative estimate of drug-likeness (QED) is 0.775. The first-order chi connectivity index (χ1) is 6.22. The van der Waals surface area contributed by atoms with Crippen LogP contribution in [0.5, 0.6) is 0 Å². The molecule has 2 heteroatoms. The molecule has 1 aromatic heterocycles. The Morgan fingerprint density at radius 2 is 2.31 bits per heavy atom. The van der Waals surface area contributed by atoms with Crippen molar-refractivity contribution >= 4 is 0 Å². The predicted octanol–water partition coefficient (Wildman–Crippen LogP) is 2.85. The molecule has 1 saturated carbocycles. The standard InChI is InChI=1S/C11H16O2/c1-3-9(12)11-5-4-10(13-11)8-6-7(8)2/h4-5,7-9,12H,3,6H2,1-2H3. The highest BCUT2D eigenvalue weighted by molar-refractivity contribution is 5.18. The smallest absolute Gasteiger partial charge is 0.132 e. The molecule has 0 aromatic carbocycles. The van der Waals surface area contributed by atoms with Crippen LogP contribution in [-0.2, 0) is 0 Å². The Hall–Kier alpha value is -0.760. The maximum Gasteiger partial charge on any atom is 0.132 e. The van der Waals surface area contributed by atoms with Crippen molar-refractivity contribution in [3.63, 3.8) is 0 Å². The molecule has 0 aliphatic heterocycles. The summed E-state index contributed by atoms with van der Waals surface area (Å²) in [5, 5.41) is 9.52. The highest BCUT2D eigenvalue weighted by Gasteiger charge is 2.36. The highest BCUT2D eigenvalue weighted by Crippen LogP contribution is 2.47. The Kier molecular flexibility index (Phi) is 2.16. The van der Waals surface area contributed by atoms with Gasteiger partial charge in [-0.25, -0.2) is 0 Å². The largest absolute Gasteiger partial charge is 0.463 e. The molecule has 72 valence electrons. The van der Waals surface area contributed by atoms with Crippen molar-refractivity contribution < 1.29 is 9.52 Å². The van der Waals surface area contributed by atoms with Crippen LogP contribution in [0.1, 0.15) is 50.2 Å². The Morgan fingerprint density at radius 1 is 1.62 bits per heavy atom. The van der Waals surface area contributed by atoms with E-state index in [1.54, 1.807) is 0 Å². The van der Waals surface area contributed by atoms with Crippen LogP contribution < -0.4 is 0 Å². The zero-order chi connectivity index (χ0) is 9.42. The van der Waals surface area contributed by atoms with Crippen LogP contribution in [0.2, 0.25) is 0 Å². The molecular formula is C11H16O2. The van der Waals surface area contributed by atoms with Crippen molar-refractivity contribution in [1.82, 2.24) is 0 Å². The van der Waals surface area contributed by atoms with Gasteiger partial charge in [0.2, 0.25) is 0 Å². The van der Waals surface area contributed by atoms with Gasteiger partial charge in [-0.15, -0.1) is 0 Å². The van der Waals surface area contributed by atoms with E-state index in [9.17, 15) is 5.11 Å². The molecule has 0 saturated heterocycles. The molecule has 1 aliphatic rings. The van der Waals surface area contributed by atoms with Crippen LogP contribution in [0.4, 0.5) is 0 Å². The van der Waals surface area contributed by atoms with E-state index >= 15 is 0 Å². The number of hydrogen-bond donors (Lipinski definition) is 1. The fourth-order valence-corrected chi connectivity index (χ4v) is 1.67. The topological polar surface area (TPSA) is 33.4 Å². The Morgan fingerprint density at radius 3 is 2.85 bits per heavy atom. The highest BCUT2D eigenvalue weighted by atomic mass is 16.4. The van der Waals surface area contributed by atoms with Crippen molar-refractivity contribution in [2.45, 2.75) is 38.7 Å². The molecule has 3 atom stereocenters. The molecule has 1 heterocycles. The minimum absolute atomic E-state index is 0.428. The summed E-state index contributed by atoms with van der Waals surface area (Å²) in [6.07, 6.45) is 1.52. The van der Waals surface area contributed by atoms with Crippen LogP contribution in [0.15, 0.2) is 16.5 Å². The maximum atomic E-state index is 9.52. The molecule has 2 nitrogen and oxygen atoms in total. The SMILES string of the molecule is CCC(O)c1ccc(C2CC2C)o1. The molecule has 0 radical (unpaired) electrons.